The molecule has 3 atom stereocenters. The van der Waals surface area contributed by atoms with Crippen molar-refractivity contribution in [3.8, 4) is 0 Å². The number of ether oxygens (including phenoxy) is 1. The number of rotatable bonds is 3. The van der Waals surface area contributed by atoms with Crippen LogP contribution in [0.2, 0.25) is 0 Å². The fourth-order valence-electron chi connectivity index (χ4n) is 2.92. The van der Waals surface area contributed by atoms with Gasteiger partial charge in [-0.1, -0.05) is 23.8 Å². The van der Waals surface area contributed by atoms with Crippen LogP contribution in [0.5, 0.6) is 0 Å². The Balaban J connectivity index is 2.30. The third-order valence-electron chi connectivity index (χ3n) is 4.07. The first-order valence-electron chi connectivity index (χ1n) is 7.17. The molecule has 2 N–H and O–H groups in total. The van der Waals surface area contributed by atoms with Crippen molar-refractivity contribution in [1.29, 1.82) is 0 Å². The number of benzene rings is 1. The molecule has 3 nitrogen and oxygen atoms in total. The minimum absolute atomic E-state index is 0.287. The molecule has 2 rings (SSSR count). The Labute approximate surface area is 116 Å². The summed E-state index contributed by atoms with van der Waals surface area (Å²) in [6.45, 7) is 11.1. The number of morpholine rings is 1. The lowest BCUT2D eigenvalue weighted by atomic mass is 9.96. The smallest absolute Gasteiger partial charge is 0.0675 e. The molecule has 0 aromatic heterocycles. The molecule has 0 aliphatic carbocycles. The SMILES string of the molecule is Cc1ccc(C)c(C(CN)N2CC(C)OCC2C)c1. The van der Waals surface area contributed by atoms with Crippen LogP contribution in [0.15, 0.2) is 18.2 Å². The van der Waals surface area contributed by atoms with Crippen molar-refractivity contribution in [2.75, 3.05) is 19.7 Å². The van der Waals surface area contributed by atoms with E-state index in [0.29, 0.717) is 18.6 Å². The van der Waals surface area contributed by atoms with E-state index < -0.39 is 0 Å². The van der Waals surface area contributed by atoms with E-state index in [1.165, 1.54) is 16.7 Å². The fourth-order valence-corrected chi connectivity index (χ4v) is 2.92. The van der Waals surface area contributed by atoms with Gasteiger partial charge in [0.1, 0.15) is 0 Å². The van der Waals surface area contributed by atoms with E-state index in [4.69, 9.17) is 10.5 Å². The fraction of sp³-hybridized carbons (Fsp3) is 0.625. The molecule has 106 valence electrons. The summed E-state index contributed by atoms with van der Waals surface area (Å²) in [6.07, 6.45) is 0.287. The molecule has 1 aliphatic rings. The molecule has 0 bridgehead atoms. The van der Waals surface area contributed by atoms with Crippen LogP contribution in [0.25, 0.3) is 0 Å². The predicted molar refractivity (Wildman–Crippen MR) is 79.3 cm³/mol. The van der Waals surface area contributed by atoms with Crippen molar-refractivity contribution in [1.82, 2.24) is 4.90 Å². The highest BCUT2D eigenvalue weighted by molar-refractivity contribution is 5.33. The van der Waals surface area contributed by atoms with Crippen LogP contribution in [-0.4, -0.2) is 36.7 Å². The number of nitrogens with zero attached hydrogens (tertiary/aromatic N) is 1. The van der Waals surface area contributed by atoms with Crippen LogP contribution in [0.1, 0.15) is 36.6 Å². The van der Waals surface area contributed by atoms with Gasteiger partial charge in [-0.2, -0.15) is 0 Å². The highest BCUT2D eigenvalue weighted by Gasteiger charge is 2.30. The van der Waals surface area contributed by atoms with Crippen LogP contribution >= 0.6 is 0 Å². The van der Waals surface area contributed by atoms with Gasteiger partial charge >= 0.3 is 0 Å². The van der Waals surface area contributed by atoms with Gasteiger partial charge in [-0.3, -0.25) is 4.90 Å². The summed E-state index contributed by atoms with van der Waals surface area (Å²) in [5.41, 5.74) is 10.1. The van der Waals surface area contributed by atoms with Gasteiger partial charge in [-0.25, -0.2) is 0 Å². The quantitative estimate of drug-likeness (QED) is 0.909. The summed E-state index contributed by atoms with van der Waals surface area (Å²) >= 11 is 0. The molecule has 3 unspecified atom stereocenters. The maximum absolute atomic E-state index is 6.08. The number of hydrogen-bond donors (Lipinski definition) is 1. The van der Waals surface area contributed by atoms with Crippen molar-refractivity contribution in [3.63, 3.8) is 0 Å². The van der Waals surface area contributed by atoms with Crippen molar-refractivity contribution >= 4 is 0 Å². The summed E-state index contributed by atoms with van der Waals surface area (Å²) in [4.78, 5) is 2.50. The molecule has 19 heavy (non-hydrogen) atoms. The highest BCUT2D eigenvalue weighted by atomic mass is 16.5. The second-order valence-electron chi connectivity index (χ2n) is 5.80. The molecule has 3 heteroatoms. The molecular formula is C16H26N2O. The molecule has 1 fully saturated rings. The lowest BCUT2D eigenvalue weighted by Crippen LogP contribution is -2.50. The van der Waals surface area contributed by atoms with E-state index in [-0.39, 0.29) is 6.10 Å². The summed E-state index contributed by atoms with van der Waals surface area (Å²) in [6, 6.07) is 7.35. The second kappa shape index (κ2) is 6.04. The first-order chi connectivity index (χ1) is 9.02. The highest BCUT2D eigenvalue weighted by Crippen LogP contribution is 2.28. The van der Waals surface area contributed by atoms with Crippen molar-refractivity contribution in [3.05, 3.63) is 34.9 Å². The summed E-state index contributed by atoms with van der Waals surface area (Å²) < 4.78 is 5.72. The van der Waals surface area contributed by atoms with E-state index in [2.05, 4.69) is 50.8 Å². The van der Waals surface area contributed by atoms with E-state index in [1.807, 2.05) is 0 Å². The van der Waals surface area contributed by atoms with Crippen LogP contribution < -0.4 is 5.73 Å². The zero-order chi connectivity index (χ0) is 14.0. The van der Waals surface area contributed by atoms with Gasteiger partial charge in [0.05, 0.1) is 12.7 Å². The average molecular weight is 262 g/mol. The molecule has 1 heterocycles. The van der Waals surface area contributed by atoms with Crippen LogP contribution in [0.3, 0.4) is 0 Å². The maximum atomic E-state index is 6.08. The number of aryl methyl sites for hydroxylation is 2. The lowest BCUT2D eigenvalue weighted by molar-refractivity contribution is -0.0654. The van der Waals surface area contributed by atoms with Crippen LogP contribution in [0, 0.1) is 13.8 Å². The van der Waals surface area contributed by atoms with Crippen LogP contribution in [0.4, 0.5) is 0 Å². The van der Waals surface area contributed by atoms with E-state index in [0.717, 1.165) is 13.2 Å². The Morgan fingerprint density at radius 1 is 1.37 bits per heavy atom. The number of hydrogen-bond acceptors (Lipinski definition) is 3. The molecule has 0 spiro atoms. The van der Waals surface area contributed by atoms with Gasteiger partial charge in [0.25, 0.3) is 0 Å². The number of nitrogens with two attached hydrogens (primary N) is 1. The topological polar surface area (TPSA) is 38.5 Å². The summed E-state index contributed by atoms with van der Waals surface area (Å²) in [5, 5.41) is 0. The minimum Gasteiger partial charge on any atom is -0.376 e. The molecule has 1 saturated heterocycles. The predicted octanol–water partition coefficient (Wildman–Crippen LogP) is 2.41. The Morgan fingerprint density at radius 2 is 2.11 bits per heavy atom. The molecule has 0 amide bonds. The molecule has 1 aromatic rings. The standard InChI is InChI=1S/C16H26N2O/c1-11-5-6-12(2)15(7-11)16(8-17)18-9-14(4)19-10-13(18)3/h5-7,13-14,16H,8-10,17H2,1-4H3. The van der Waals surface area contributed by atoms with Gasteiger partial charge in [-0.05, 0) is 38.8 Å². The molecule has 0 saturated carbocycles. The van der Waals surface area contributed by atoms with Gasteiger partial charge < -0.3 is 10.5 Å². The average Bonchev–Trinajstić information content (AvgIpc) is 2.38. The first kappa shape index (κ1) is 14.5. The largest absolute Gasteiger partial charge is 0.376 e. The van der Waals surface area contributed by atoms with Crippen molar-refractivity contribution < 1.29 is 4.74 Å². The Hall–Kier alpha value is -0.900. The van der Waals surface area contributed by atoms with Gasteiger partial charge in [0.15, 0.2) is 0 Å². The molecular weight excluding hydrogens is 236 g/mol. The third kappa shape index (κ3) is 3.16. The zero-order valence-corrected chi connectivity index (χ0v) is 12.5. The molecule has 1 aromatic carbocycles. The maximum Gasteiger partial charge on any atom is 0.0675 e. The first-order valence-corrected chi connectivity index (χ1v) is 7.17. The summed E-state index contributed by atoms with van der Waals surface area (Å²) in [5.74, 6) is 0. The van der Waals surface area contributed by atoms with Gasteiger partial charge in [0.2, 0.25) is 0 Å². The monoisotopic (exact) mass is 262 g/mol. The van der Waals surface area contributed by atoms with E-state index in [1.54, 1.807) is 0 Å². The zero-order valence-electron chi connectivity index (χ0n) is 12.5. The van der Waals surface area contributed by atoms with Crippen LogP contribution in [-0.2, 0) is 4.74 Å². The molecule has 1 aliphatic heterocycles. The van der Waals surface area contributed by atoms with E-state index in [9.17, 15) is 0 Å². The third-order valence-corrected chi connectivity index (χ3v) is 4.07. The lowest BCUT2D eigenvalue weighted by Gasteiger charge is -2.42. The van der Waals surface area contributed by atoms with Gasteiger partial charge in [0, 0.05) is 25.2 Å². The Bertz CT molecular complexity index is 433. The molecule has 0 radical (unpaired) electrons. The van der Waals surface area contributed by atoms with Gasteiger partial charge in [-0.15, -0.1) is 0 Å². The Morgan fingerprint density at radius 3 is 2.79 bits per heavy atom. The van der Waals surface area contributed by atoms with Crippen molar-refractivity contribution in [2.45, 2.75) is 45.9 Å². The van der Waals surface area contributed by atoms with E-state index >= 15 is 0 Å². The normalized spacial score (nSPS) is 26.4. The Kier molecular flexibility index (Phi) is 4.61. The second-order valence-corrected chi connectivity index (χ2v) is 5.80. The van der Waals surface area contributed by atoms with Crippen molar-refractivity contribution in [2.24, 2.45) is 5.73 Å². The summed E-state index contributed by atoms with van der Waals surface area (Å²) in [7, 11) is 0. The minimum atomic E-state index is 0.287.